The molecule has 1 aliphatic carbocycles. The van der Waals surface area contributed by atoms with Crippen LogP contribution in [0.1, 0.15) is 25.7 Å². The lowest BCUT2D eigenvalue weighted by Crippen LogP contribution is -2.44. The molecule has 1 amide bonds. The molecule has 1 aromatic carbocycles. The molecule has 0 bridgehead atoms. The standard InChI is InChI=1S/C13H13Cl3N2OS/c14-7-5-9(16)10(6-8(7)15)18-12(19)13(11(17)20)3-1-2-4-13/h5-6H,1-4H2,(H2,17,20)(H,18,19). The van der Waals surface area contributed by atoms with Crippen LogP contribution in [0.4, 0.5) is 5.69 Å². The summed E-state index contributed by atoms with van der Waals surface area (Å²) < 4.78 is 0. The molecule has 108 valence electrons. The fourth-order valence-corrected chi connectivity index (χ4v) is 3.32. The van der Waals surface area contributed by atoms with Crippen molar-refractivity contribution in [2.75, 3.05) is 5.32 Å². The van der Waals surface area contributed by atoms with Crippen LogP contribution < -0.4 is 11.1 Å². The molecule has 20 heavy (non-hydrogen) atoms. The SMILES string of the molecule is NC(=S)C1(C(=O)Nc2cc(Cl)c(Cl)cc2Cl)CCCC1. The van der Waals surface area contributed by atoms with Crippen LogP contribution in [0.5, 0.6) is 0 Å². The molecule has 1 aromatic rings. The predicted octanol–water partition coefficient (Wildman–Crippen LogP) is 4.43. The van der Waals surface area contributed by atoms with E-state index in [-0.39, 0.29) is 10.9 Å². The van der Waals surface area contributed by atoms with Crippen molar-refractivity contribution in [3.63, 3.8) is 0 Å². The molecule has 0 atom stereocenters. The summed E-state index contributed by atoms with van der Waals surface area (Å²) >= 11 is 22.9. The minimum Gasteiger partial charge on any atom is -0.392 e. The van der Waals surface area contributed by atoms with E-state index in [0.717, 1.165) is 12.8 Å². The Hall–Kier alpha value is -0.550. The average molecular weight is 352 g/mol. The molecule has 1 aliphatic rings. The van der Waals surface area contributed by atoms with Crippen molar-refractivity contribution in [3.8, 4) is 0 Å². The third-order valence-electron chi connectivity index (χ3n) is 3.62. The lowest BCUT2D eigenvalue weighted by molar-refractivity contribution is -0.122. The fraction of sp³-hybridized carbons (Fsp3) is 0.385. The second kappa shape index (κ2) is 6.06. The van der Waals surface area contributed by atoms with Crippen molar-refractivity contribution in [2.45, 2.75) is 25.7 Å². The lowest BCUT2D eigenvalue weighted by atomic mass is 9.85. The van der Waals surface area contributed by atoms with E-state index in [9.17, 15) is 4.79 Å². The third kappa shape index (κ3) is 2.89. The number of carbonyl (C=O) groups excluding carboxylic acids is 1. The summed E-state index contributed by atoms with van der Waals surface area (Å²) in [5.41, 5.74) is 5.39. The van der Waals surface area contributed by atoms with Crippen LogP contribution in [0, 0.1) is 5.41 Å². The zero-order valence-corrected chi connectivity index (χ0v) is 13.6. The van der Waals surface area contributed by atoms with E-state index in [1.807, 2.05) is 0 Å². The van der Waals surface area contributed by atoms with Gasteiger partial charge in [-0.3, -0.25) is 4.79 Å². The summed E-state index contributed by atoms with van der Waals surface area (Å²) in [5, 5.41) is 3.74. The van der Waals surface area contributed by atoms with Gasteiger partial charge in [0.25, 0.3) is 0 Å². The number of halogens is 3. The topological polar surface area (TPSA) is 55.1 Å². The Balaban J connectivity index is 2.27. The highest BCUT2D eigenvalue weighted by Gasteiger charge is 2.44. The minimum absolute atomic E-state index is 0.226. The van der Waals surface area contributed by atoms with Crippen molar-refractivity contribution in [2.24, 2.45) is 11.1 Å². The first-order valence-electron chi connectivity index (χ1n) is 6.13. The predicted molar refractivity (Wildman–Crippen MR) is 87.8 cm³/mol. The zero-order valence-electron chi connectivity index (χ0n) is 10.5. The molecule has 2 rings (SSSR count). The third-order valence-corrected chi connectivity index (χ3v) is 5.05. The maximum absolute atomic E-state index is 12.5. The number of nitrogens with two attached hydrogens (primary N) is 1. The highest BCUT2D eigenvalue weighted by molar-refractivity contribution is 7.80. The van der Waals surface area contributed by atoms with Gasteiger partial charge in [0.1, 0.15) is 0 Å². The van der Waals surface area contributed by atoms with Gasteiger partial charge in [-0.05, 0) is 25.0 Å². The van der Waals surface area contributed by atoms with Crippen LogP contribution in [-0.4, -0.2) is 10.9 Å². The van der Waals surface area contributed by atoms with Crippen LogP contribution >= 0.6 is 47.0 Å². The number of nitrogens with one attached hydrogen (secondary N) is 1. The summed E-state index contributed by atoms with van der Waals surface area (Å²) in [7, 11) is 0. The first-order valence-corrected chi connectivity index (χ1v) is 7.67. The second-order valence-electron chi connectivity index (χ2n) is 4.85. The summed E-state index contributed by atoms with van der Waals surface area (Å²) in [6.45, 7) is 0. The van der Waals surface area contributed by atoms with E-state index < -0.39 is 5.41 Å². The molecule has 0 spiro atoms. The van der Waals surface area contributed by atoms with Gasteiger partial charge in [0.2, 0.25) is 5.91 Å². The van der Waals surface area contributed by atoms with Crippen LogP contribution in [0.3, 0.4) is 0 Å². The summed E-state index contributed by atoms with van der Waals surface area (Å²) in [6, 6.07) is 3.01. The van der Waals surface area contributed by atoms with Gasteiger partial charge in [0.15, 0.2) is 0 Å². The first-order chi connectivity index (χ1) is 9.36. The van der Waals surface area contributed by atoms with Crippen molar-refractivity contribution >= 4 is 63.6 Å². The molecule has 1 fully saturated rings. The van der Waals surface area contributed by atoms with Gasteiger partial charge in [-0.15, -0.1) is 0 Å². The molecule has 0 radical (unpaired) electrons. The molecule has 0 heterocycles. The van der Waals surface area contributed by atoms with E-state index >= 15 is 0 Å². The summed E-state index contributed by atoms with van der Waals surface area (Å²) in [4.78, 5) is 12.7. The molecule has 7 heteroatoms. The molecule has 0 aromatic heterocycles. The number of carbonyl (C=O) groups is 1. The van der Waals surface area contributed by atoms with Crippen LogP contribution in [-0.2, 0) is 4.79 Å². The number of hydrogen-bond acceptors (Lipinski definition) is 2. The Morgan fingerprint density at radius 2 is 1.70 bits per heavy atom. The van der Waals surface area contributed by atoms with Gasteiger partial charge in [0, 0.05) is 0 Å². The molecule has 0 aliphatic heterocycles. The minimum atomic E-state index is -0.787. The Bertz CT molecular complexity index is 571. The average Bonchev–Trinajstić information content (AvgIpc) is 2.86. The maximum atomic E-state index is 12.5. The molecule has 3 nitrogen and oxygen atoms in total. The maximum Gasteiger partial charge on any atom is 0.237 e. The van der Waals surface area contributed by atoms with Gasteiger partial charge >= 0.3 is 0 Å². The quantitative estimate of drug-likeness (QED) is 0.625. The van der Waals surface area contributed by atoms with Crippen LogP contribution in [0.25, 0.3) is 0 Å². The number of rotatable bonds is 3. The molecule has 0 saturated heterocycles. The van der Waals surface area contributed by atoms with Gasteiger partial charge in [-0.25, -0.2) is 0 Å². The first kappa shape index (κ1) is 15.8. The van der Waals surface area contributed by atoms with Crippen LogP contribution in [0.2, 0.25) is 15.1 Å². The number of hydrogen-bond donors (Lipinski definition) is 2. The fourth-order valence-electron chi connectivity index (χ4n) is 2.42. The number of amides is 1. The van der Waals surface area contributed by atoms with Gasteiger partial charge in [-0.2, -0.15) is 0 Å². The van der Waals surface area contributed by atoms with Gasteiger partial charge in [-0.1, -0.05) is 59.9 Å². The molecule has 3 N–H and O–H groups in total. The number of thiocarbonyl (C=S) groups is 1. The molecular formula is C13H13Cl3N2OS. The van der Waals surface area contributed by atoms with E-state index in [1.165, 1.54) is 12.1 Å². The van der Waals surface area contributed by atoms with E-state index in [0.29, 0.717) is 33.6 Å². The summed E-state index contributed by atoms with van der Waals surface area (Å²) in [6.07, 6.45) is 3.18. The smallest absolute Gasteiger partial charge is 0.237 e. The van der Waals surface area contributed by atoms with Crippen molar-refractivity contribution in [1.82, 2.24) is 0 Å². The normalized spacial score (nSPS) is 16.9. The van der Waals surface area contributed by atoms with E-state index in [1.54, 1.807) is 0 Å². The highest BCUT2D eigenvalue weighted by atomic mass is 35.5. The summed E-state index contributed by atoms with van der Waals surface area (Å²) in [5.74, 6) is -0.234. The largest absolute Gasteiger partial charge is 0.392 e. The van der Waals surface area contributed by atoms with Crippen molar-refractivity contribution in [3.05, 3.63) is 27.2 Å². The Morgan fingerprint density at radius 1 is 1.15 bits per heavy atom. The van der Waals surface area contributed by atoms with E-state index in [4.69, 9.17) is 52.8 Å². The molecule has 1 saturated carbocycles. The molecule has 0 unspecified atom stereocenters. The zero-order chi connectivity index (χ0) is 14.9. The monoisotopic (exact) mass is 350 g/mol. The van der Waals surface area contributed by atoms with Gasteiger partial charge in [0.05, 0.1) is 31.2 Å². The highest BCUT2D eigenvalue weighted by Crippen LogP contribution is 2.40. The van der Waals surface area contributed by atoms with E-state index in [2.05, 4.69) is 5.32 Å². The van der Waals surface area contributed by atoms with Crippen molar-refractivity contribution < 1.29 is 4.79 Å². The van der Waals surface area contributed by atoms with Crippen LogP contribution in [0.15, 0.2) is 12.1 Å². The lowest BCUT2D eigenvalue weighted by Gasteiger charge is -2.26. The molecular weight excluding hydrogens is 339 g/mol. The van der Waals surface area contributed by atoms with Gasteiger partial charge < -0.3 is 11.1 Å². The second-order valence-corrected chi connectivity index (χ2v) is 6.52. The number of benzene rings is 1. The van der Waals surface area contributed by atoms with Crippen molar-refractivity contribution in [1.29, 1.82) is 0 Å². The Kier molecular flexibility index (Phi) is 4.80. The Labute approximate surface area is 137 Å². The number of anilines is 1. The Morgan fingerprint density at radius 3 is 2.25 bits per heavy atom.